The molecule has 36 heavy (non-hydrogen) atoms. The number of methoxy groups -OCH3 is 1. The largest absolute Gasteiger partial charge is 0.494 e. The molecule has 0 saturated carbocycles. The Labute approximate surface area is 210 Å². The number of benzene rings is 2. The van der Waals surface area contributed by atoms with Crippen LogP contribution in [0.1, 0.15) is 51.5 Å². The lowest BCUT2D eigenvalue weighted by Gasteiger charge is -2.43. The van der Waals surface area contributed by atoms with Crippen LogP contribution in [0, 0.1) is 6.92 Å². The second-order valence-corrected chi connectivity index (χ2v) is 8.97. The molecule has 2 amide bonds. The second-order valence-electron chi connectivity index (χ2n) is 8.97. The van der Waals surface area contributed by atoms with Crippen molar-refractivity contribution in [3.05, 3.63) is 82.9 Å². The molecule has 3 aromatic rings. The number of hydrogen-bond acceptors (Lipinski definition) is 6. The van der Waals surface area contributed by atoms with Crippen LogP contribution in [0.25, 0.3) is 0 Å². The molecule has 2 heterocycles. The van der Waals surface area contributed by atoms with Gasteiger partial charge in [-0.1, -0.05) is 42.0 Å². The van der Waals surface area contributed by atoms with E-state index in [-0.39, 0.29) is 30.4 Å². The highest BCUT2D eigenvalue weighted by atomic mass is 16.5. The third kappa shape index (κ3) is 4.82. The molecule has 1 aliphatic heterocycles. The zero-order valence-electron chi connectivity index (χ0n) is 20.9. The van der Waals surface area contributed by atoms with E-state index in [1.54, 1.807) is 11.5 Å². The molecular weight excluding hydrogens is 460 g/mol. The van der Waals surface area contributed by atoms with Crippen molar-refractivity contribution in [3.8, 4) is 5.75 Å². The van der Waals surface area contributed by atoms with Gasteiger partial charge in [-0.25, -0.2) is 9.78 Å². The van der Waals surface area contributed by atoms with Gasteiger partial charge in [0.2, 0.25) is 5.91 Å². The first-order chi connectivity index (χ1) is 17.3. The van der Waals surface area contributed by atoms with Gasteiger partial charge in [-0.15, -0.1) is 0 Å². The van der Waals surface area contributed by atoms with Crippen molar-refractivity contribution in [3.63, 3.8) is 0 Å². The van der Waals surface area contributed by atoms with Crippen molar-refractivity contribution in [2.45, 2.75) is 45.9 Å². The molecule has 2 aromatic carbocycles. The number of esters is 1. The van der Waals surface area contributed by atoms with Crippen molar-refractivity contribution in [2.24, 2.45) is 0 Å². The lowest BCUT2D eigenvalue weighted by molar-refractivity contribution is -0.133. The van der Waals surface area contributed by atoms with Gasteiger partial charge in [0, 0.05) is 13.1 Å². The van der Waals surface area contributed by atoms with Gasteiger partial charge in [-0.3, -0.25) is 9.59 Å². The number of nitrogens with zero attached hydrogens (tertiary/aromatic N) is 3. The molecule has 4 rings (SSSR count). The summed E-state index contributed by atoms with van der Waals surface area (Å²) in [7, 11) is 1.24. The van der Waals surface area contributed by atoms with Crippen LogP contribution in [0.15, 0.2) is 54.9 Å². The lowest BCUT2D eigenvalue weighted by atomic mass is 9.93. The van der Waals surface area contributed by atoms with Crippen molar-refractivity contribution < 1.29 is 23.9 Å². The van der Waals surface area contributed by atoms with Crippen LogP contribution >= 0.6 is 0 Å². The van der Waals surface area contributed by atoms with Crippen LogP contribution < -0.4 is 10.1 Å². The fraction of sp³-hybridized carbons (Fsp3) is 0.333. The Balaban J connectivity index is 1.66. The fourth-order valence-corrected chi connectivity index (χ4v) is 4.30. The van der Waals surface area contributed by atoms with Crippen molar-refractivity contribution in [2.75, 3.05) is 13.7 Å². The SMILES string of the molecule is CCOc1ccc(CN2C(=O)c3c(C(=O)OC)ncn3C[C@@]2(C)C(=O)NCc2ccc(C)cc2)cc1. The number of ether oxygens (including phenoxy) is 2. The molecule has 0 radical (unpaired) electrons. The van der Waals surface area contributed by atoms with Gasteiger partial charge in [-0.05, 0) is 44.0 Å². The summed E-state index contributed by atoms with van der Waals surface area (Å²) in [5, 5.41) is 2.98. The average Bonchev–Trinajstić information content (AvgIpc) is 3.30. The van der Waals surface area contributed by atoms with Gasteiger partial charge in [0.1, 0.15) is 17.0 Å². The summed E-state index contributed by atoms with van der Waals surface area (Å²) >= 11 is 0. The minimum atomic E-state index is -1.23. The lowest BCUT2D eigenvalue weighted by Crippen LogP contribution is -2.63. The molecule has 0 bridgehead atoms. The number of fused-ring (bicyclic) bond motifs is 1. The molecule has 1 atom stereocenters. The number of nitrogens with one attached hydrogen (secondary N) is 1. The van der Waals surface area contributed by atoms with E-state index < -0.39 is 17.4 Å². The number of carbonyl (C=O) groups is 3. The first-order valence-electron chi connectivity index (χ1n) is 11.8. The number of amides is 2. The summed E-state index contributed by atoms with van der Waals surface area (Å²) in [6, 6.07) is 15.2. The molecule has 0 spiro atoms. The van der Waals surface area contributed by atoms with E-state index in [9.17, 15) is 14.4 Å². The van der Waals surface area contributed by atoms with Crippen molar-refractivity contribution >= 4 is 17.8 Å². The topological polar surface area (TPSA) is 103 Å². The molecule has 9 nitrogen and oxygen atoms in total. The maximum atomic E-state index is 13.8. The normalized spacial score (nSPS) is 16.9. The average molecular weight is 491 g/mol. The number of imidazole rings is 1. The molecule has 1 N–H and O–H groups in total. The van der Waals surface area contributed by atoms with Gasteiger partial charge >= 0.3 is 5.97 Å². The maximum absolute atomic E-state index is 13.8. The Hall–Kier alpha value is -4.14. The second kappa shape index (κ2) is 10.2. The molecule has 0 saturated heterocycles. The number of rotatable bonds is 8. The van der Waals surface area contributed by atoms with E-state index in [1.165, 1.54) is 18.3 Å². The molecule has 0 unspecified atom stereocenters. The minimum Gasteiger partial charge on any atom is -0.494 e. The zero-order chi connectivity index (χ0) is 25.9. The number of hydrogen-bond donors (Lipinski definition) is 1. The Morgan fingerprint density at radius 1 is 1.08 bits per heavy atom. The Morgan fingerprint density at radius 2 is 1.75 bits per heavy atom. The minimum absolute atomic E-state index is 0.0682. The molecule has 1 aliphatic rings. The van der Waals surface area contributed by atoms with E-state index in [2.05, 4.69) is 10.3 Å². The van der Waals surface area contributed by atoms with Crippen molar-refractivity contribution in [1.29, 1.82) is 0 Å². The summed E-state index contributed by atoms with van der Waals surface area (Å²) in [6.07, 6.45) is 1.40. The Kier molecular flexibility index (Phi) is 7.10. The van der Waals surface area contributed by atoms with Gasteiger partial charge in [0.25, 0.3) is 5.91 Å². The van der Waals surface area contributed by atoms with E-state index in [4.69, 9.17) is 9.47 Å². The first-order valence-corrected chi connectivity index (χ1v) is 11.8. The third-order valence-electron chi connectivity index (χ3n) is 6.38. The standard InChI is InChI=1S/C27H30N4O5/c1-5-36-21-12-10-20(11-13-21)15-31-24(32)23-22(25(33)35-4)29-17-30(23)16-27(31,3)26(34)28-14-19-8-6-18(2)7-9-19/h6-13,17H,5,14-16H2,1-4H3,(H,28,34)/t27-/m0/s1. The van der Waals surface area contributed by atoms with Crippen LogP contribution in [0.5, 0.6) is 5.75 Å². The van der Waals surface area contributed by atoms with Gasteiger partial charge in [0.05, 0.1) is 26.6 Å². The smallest absolute Gasteiger partial charge is 0.359 e. The van der Waals surface area contributed by atoms with Crippen molar-refractivity contribution in [1.82, 2.24) is 19.8 Å². The van der Waals surface area contributed by atoms with E-state index in [1.807, 2.05) is 62.4 Å². The maximum Gasteiger partial charge on any atom is 0.359 e. The first kappa shape index (κ1) is 25.0. The van der Waals surface area contributed by atoms with E-state index >= 15 is 0 Å². The highest BCUT2D eigenvalue weighted by molar-refractivity contribution is 6.06. The zero-order valence-corrected chi connectivity index (χ0v) is 20.9. The van der Waals surface area contributed by atoms with Crippen LogP contribution in [0.2, 0.25) is 0 Å². The van der Waals surface area contributed by atoms with Gasteiger partial charge < -0.3 is 24.3 Å². The van der Waals surface area contributed by atoms with Gasteiger partial charge in [0.15, 0.2) is 5.69 Å². The highest BCUT2D eigenvalue weighted by Gasteiger charge is 2.48. The number of carbonyl (C=O) groups excluding carboxylic acids is 3. The molecule has 1 aromatic heterocycles. The fourth-order valence-electron chi connectivity index (χ4n) is 4.30. The predicted octanol–water partition coefficient (Wildman–Crippen LogP) is 3.11. The van der Waals surface area contributed by atoms with Crippen LogP contribution in [-0.4, -0.2) is 51.5 Å². The number of aromatic nitrogens is 2. The van der Waals surface area contributed by atoms with Crippen LogP contribution in [0.3, 0.4) is 0 Å². The van der Waals surface area contributed by atoms with Crippen LogP contribution in [-0.2, 0) is 29.2 Å². The molecule has 188 valence electrons. The Bertz CT molecular complexity index is 1270. The van der Waals surface area contributed by atoms with Crippen LogP contribution in [0.4, 0.5) is 0 Å². The molecule has 9 heteroatoms. The highest BCUT2D eigenvalue weighted by Crippen LogP contribution is 2.31. The van der Waals surface area contributed by atoms with E-state index in [0.29, 0.717) is 13.2 Å². The molecule has 0 fully saturated rings. The Morgan fingerprint density at radius 3 is 2.39 bits per heavy atom. The molecular formula is C27H30N4O5. The van der Waals surface area contributed by atoms with E-state index in [0.717, 1.165) is 22.4 Å². The summed E-state index contributed by atoms with van der Waals surface area (Å²) in [4.78, 5) is 45.3. The summed E-state index contributed by atoms with van der Waals surface area (Å²) in [5.74, 6) is -0.760. The number of aryl methyl sites for hydroxylation is 1. The monoisotopic (exact) mass is 490 g/mol. The summed E-state index contributed by atoms with van der Waals surface area (Å²) in [5.41, 5.74) is 1.70. The summed E-state index contributed by atoms with van der Waals surface area (Å²) < 4.78 is 11.9. The third-order valence-corrected chi connectivity index (χ3v) is 6.38. The quantitative estimate of drug-likeness (QED) is 0.487. The summed E-state index contributed by atoms with van der Waals surface area (Å²) in [6.45, 7) is 6.79. The predicted molar refractivity (Wildman–Crippen MR) is 132 cm³/mol. The van der Waals surface area contributed by atoms with Gasteiger partial charge in [-0.2, -0.15) is 0 Å². The molecule has 0 aliphatic carbocycles.